The Labute approximate surface area is 116 Å². The predicted octanol–water partition coefficient (Wildman–Crippen LogP) is 2.54. The Hall–Kier alpha value is -0.570. The summed E-state index contributed by atoms with van der Waals surface area (Å²) in [4.78, 5) is 15.1. The number of nitrogens with two attached hydrogens (primary N) is 1. The summed E-state index contributed by atoms with van der Waals surface area (Å²) in [5.41, 5.74) is 5.75. The largest absolute Gasteiger partial charge is 0.338 e. The zero-order valence-electron chi connectivity index (χ0n) is 12.0. The van der Waals surface area contributed by atoms with Crippen LogP contribution in [-0.2, 0) is 4.79 Å². The first kappa shape index (κ1) is 13.4. The van der Waals surface area contributed by atoms with Crippen LogP contribution in [0.5, 0.6) is 0 Å². The minimum atomic E-state index is 0.340. The highest BCUT2D eigenvalue weighted by atomic mass is 16.2. The molecule has 3 unspecified atom stereocenters. The standard InChI is InChI=1S/C16H28N2O/c17-8-9-18(14-4-2-1-3-5-14)16(19)15-11-12-6-7-13(15)10-12/h12-15H,1-11,17H2. The first-order valence-electron chi connectivity index (χ1n) is 8.30. The van der Waals surface area contributed by atoms with Crippen molar-refractivity contribution in [3.63, 3.8) is 0 Å². The Morgan fingerprint density at radius 3 is 2.42 bits per heavy atom. The molecule has 3 aliphatic rings. The van der Waals surface area contributed by atoms with Crippen molar-refractivity contribution in [3.8, 4) is 0 Å². The van der Waals surface area contributed by atoms with Gasteiger partial charge < -0.3 is 10.6 Å². The number of rotatable bonds is 4. The van der Waals surface area contributed by atoms with Gasteiger partial charge in [0.15, 0.2) is 0 Å². The lowest BCUT2D eigenvalue weighted by atomic mass is 9.86. The fourth-order valence-electron chi connectivity index (χ4n) is 4.76. The lowest BCUT2D eigenvalue weighted by Crippen LogP contribution is -2.47. The molecule has 3 fully saturated rings. The molecular weight excluding hydrogens is 236 g/mol. The third-order valence-corrected chi connectivity index (χ3v) is 5.72. The van der Waals surface area contributed by atoms with Gasteiger partial charge in [0.1, 0.15) is 0 Å². The monoisotopic (exact) mass is 264 g/mol. The molecule has 1 amide bonds. The Balaban J connectivity index is 1.66. The normalized spacial score (nSPS) is 34.7. The average Bonchev–Trinajstić information content (AvgIpc) is 3.07. The summed E-state index contributed by atoms with van der Waals surface area (Å²) in [6, 6.07) is 0.490. The van der Waals surface area contributed by atoms with Gasteiger partial charge >= 0.3 is 0 Å². The Morgan fingerprint density at radius 2 is 1.84 bits per heavy atom. The van der Waals surface area contributed by atoms with E-state index >= 15 is 0 Å². The summed E-state index contributed by atoms with van der Waals surface area (Å²) < 4.78 is 0. The van der Waals surface area contributed by atoms with E-state index < -0.39 is 0 Å². The molecule has 108 valence electrons. The fourth-order valence-corrected chi connectivity index (χ4v) is 4.76. The maximum atomic E-state index is 12.9. The van der Waals surface area contributed by atoms with E-state index in [1.807, 2.05) is 0 Å². The van der Waals surface area contributed by atoms with Gasteiger partial charge in [-0.15, -0.1) is 0 Å². The van der Waals surface area contributed by atoms with Crippen molar-refractivity contribution < 1.29 is 4.79 Å². The quantitative estimate of drug-likeness (QED) is 0.848. The minimum absolute atomic E-state index is 0.340. The Bertz CT molecular complexity index is 325. The smallest absolute Gasteiger partial charge is 0.226 e. The number of carbonyl (C=O) groups excluding carboxylic acids is 1. The second-order valence-corrected chi connectivity index (χ2v) is 6.89. The van der Waals surface area contributed by atoms with Crippen LogP contribution in [0.2, 0.25) is 0 Å². The van der Waals surface area contributed by atoms with Crippen LogP contribution < -0.4 is 5.73 Å². The highest BCUT2D eigenvalue weighted by Gasteiger charge is 2.45. The predicted molar refractivity (Wildman–Crippen MR) is 76.6 cm³/mol. The molecular formula is C16H28N2O. The summed E-state index contributed by atoms with van der Waals surface area (Å²) in [7, 11) is 0. The van der Waals surface area contributed by atoms with Gasteiger partial charge in [0.25, 0.3) is 0 Å². The third kappa shape index (κ3) is 2.67. The topological polar surface area (TPSA) is 46.3 Å². The third-order valence-electron chi connectivity index (χ3n) is 5.72. The first-order valence-corrected chi connectivity index (χ1v) is 8.30. The van der Waals surface area contributed by atoms with Gasteiger partial charge in [0.2, 0.25) is 5.91 Å². The number of hydrogen-bond donors (Lipinski definition) is 1. The lowest BCUT2D eigenvalue weighted by molar-refractivity contribution is -0.140. The zero-order chi connectivity index (χ0) is 13.2. The van der Waals surface area contributed by atoms with E-state index in [-0.39, 0.29) is 0 Å². The molecule has 3 aliphatic carbocycles. The molecule has 0 radical (unpaired) electrons. The van der Waals surface area contributed by atoms with Gasteiger partial charge in [-0.25, -0.2) is 0 Å². The van der Waals surface area contributed by atoms with E-state index in [0.29, 0.717) is 30.3 Å². The molecule has 2 N–H and O–H groups in total. The van der Waals surface area contributed by atoms with Crippen molar-refractivity contribution in [2.24, 2.45) is 23.5 Å². The van der Waals surface area contributed by atoms with Crippen LogP contribution in [0, 0.1) is 17.8 Å². The molecule has 3 saturated carbocycles. The maximum absolute atomic E-state index is 12.9. The van der Waals surface area contributed by atoms with Crippen molar-refractivity contribution in [1.29, 1.82) is 0 Å². The van der Waals surface area contributed by atoms with E-state index in [1.165, 1.54) is 51.4 Å². The average molecular weight is 264 g/mol. The molecule has 19 heavy (non-hydrogen) atoms. The summed E-state index contributed by atoms with van der Waals surface area (Å²) >= 11 is 0. The zero-order valence-corrected chi connectivity index (χ0v) is 12.0. The minimum Gasteiger partial charge on any atom is -0.338 e. The van der Waals surface area contributed by atoms with E-state index in [0.717, 1.165) is 18.9 Å². The van der Waals surface area contributed by atoms with E-state index in [2.05, 4.69) is 4.90 Å². The van der Waals surface area contributed by atoms with Gasteiger partial charge in [-0.2, -0.15) is 0 Å². The number of fused-ring (bicyclic) bond motifs is 2. The maximum Gasteiger partial charge on any atom is 0.226 e. The van der Waals surface area contributed by atoms with Gasteiger partial charge in [-0.3, -0.25) is 4.79 Å². The number of carbonyl (C=O) groups is 1. The van der Waals surface area contributed by atoms with Gasteiger partial charge in [-0.05, 0) is 43.9 Å². The molecule has 2 bridgehead atoms. The van der Waals surface area contributed by atoms with Crippen LogP contribution >= 0.6 is 0 Å². The lowest BCUT2D eigenvalue weighted by Gasteiger charge is -2.37. The highest BCUT2D eigenvalue weighted by molar-refractivity contribution is 5.80. The van der Waals surface area contributed by atoms with Crippen LogP contribution in [0.3, 0.4) is 0 Å². The van der Waals surface area contributed by atoms with E-state index in [4.69, 9.17) is 5.73 Å². The molecule has 3 nitrogen and oxygen atoms in total. The van der Waals surface area contributed by atoms with Crippen molar-refractivity contribution in [1.82, 2.24) is 4.90 Å². The number of hydrogen-bond acceptors (Lipinski definition) is 2. The van der Waals surface area contributed by atoms with E-state index in [1.54, 1.807) is 0 Å². The molecule has 0 aliphatic heterocycles. The van der Waals surface area contributed by atoms with E-state index in [9.17, 15) is 4.79 Å². The fraction of sp³-hybridized carbons (Fsp3) is 0.938. The van der Waals surface area contributed by atoms with Crippen LogP contribution in [0.25, 0.3) is 0 Å². The summed E-state index contributed by atoms with van der Waals surface area (Å²) in [6.07, 6.45) is 11.5. The number of amides is 1. The number of nitrogens with zero attached hydrogens (tertiary/aromatic N) is 1. The van der Waals surface area contributed by atoms with Crippen LogP contribution in [0.4, 0.5) is 0 Å². The Kier molecular flexibility index (Phi) is 4.11. The first-order chi connectivity index (χ1) is 9.29. The molecule has 0 heterocycles. The van der Waals surface area contributed by atoms with Crippen molar-refractivity contribution in [2.75, 3.05) is 13.1 Å². The molecule has 3 heteroatoms. The van der Waals surface area contributed by atoms with Gasteiger partial charge in [-0.1, -0.05) is 25.7 Å². The molecule has 0 saturated heterocycles. The van der Waals surface area contributed by atoms with Crippen LogP contribution in [0.15, 0.2) is 0 Å². The summed E-state index contributed by atoms with van der Waals surface area (Å²) in [6.45, 7) is 1.39. The van der Waals surface area contributed by atoms with Crippen molar-refractivity contribution in [3.05, 3.63) is 0 Å². The molecule has 0 aromatic heterocycles. The van der Waals surface area contributed by atoms with Crippen LogP contribution in [-0.4, -0.2) is 29.9 Å². The second kappa shape index (κ2) is 5.82. The molecule has 0 spiro atoms. The van der Waals surface area contributed by atoms with Crippen molar-refractivity contribution >= 4 is 5.91 Å². The molecule has 3 atom stereocenters. The summed E-state index contributed by atoms with van der Waals surface area (Å²) in [5.74, 6) is 2.34. The summed E-state index contributed by atoms with van der Waals surface area (Å²) in [5, 5.41) is 0. The molecule has 0 aromatic carbocycles. The second-order valence-electron chi connectivity index (χ2n) is 6.89. The van der Waals surface area contributed by atoms with Crippen molar-refractivity contribution in [2.45, 2.75) is 63.8 Å². The highest BCUT2D eigenvalue weighted by Crippen LogP contribution is 2.49. The van der Waals surface area contributed by atoms with Gasteiger partial charge in [0, 0.05) is 25.0 Å². The SMILES string of the molecule is NCCN(C(=O)C1CC2CCC1C2)C1CCCCC1. The van der Waals surface area contributed by atoms with Crippen LogP contribution in [0.1, 0.15) is 57.8 Å². The van der Waals surface area contributed by atoms with Gasteiger partial charge in [0.05, 0.1) is 0 Å². The molecule has 0 aromatic rings. The molecule has 3 rings (SSSR count). The Morgan fingerprint density at radius 1 is 1.05 bits per heavy atom.